The molecular weight excluding hydrogens is 381 g/mol. The molecule has 0 radical (unpaired) electrons. The normalized spacial score (nSPS) is 10.6. The number of nitrogens with one attached hydrogen (secondary N) is 2. The predicted molar refractivity (Wildman–Crippen MR) is 102 cm³/mol. The van der Waals surface area contributed by atoms with E-state index in [1.807, 2.05) is 17.8 Å². The van der Waals surface area contributed by atoms with Crippen molar-refractivity contribution in [2.45, 2.75) is 13.5 Å². The number of aliphatic imine (C=N–C) groups is 1. The SMILES string of the molecule is C=CCSCCNC(=NC)NCc1ccc(C)cc1.I. The van der Waals surface area contributed by atoms with Crippen LogP contribution in [0.4, 0.5) is 0 Å². The van der Waals surface area contributed by atoms with Gasteiger partial charge in [0.1, 0.15) is 0 Å². The fourth-order valence-electron chi connectivity index (χ4n) is 1.52. The van der Waals surface area contributed by atoms with E-state index in [1.54, 1.807) is 7.05 Å². The van der Waals surface area contributed by atoms with Gasteiger partial charge in [-0.15, -0.1) is 30.6 Å². The Morgan fingerprint density at radius 1 is 1.30 bits per heavy atom. The smallest absolute Gasteiger partial charge is 0.191 e. The summed E-state index contributed by atoms with van der Waals surface area (Å²) >= 11 is 1.86. The minimum absolute atomic E-state index is 0. The highest BCUT2D eigenvalue weighted by atomic mass is 127. The van der Waals surface area contributed by atoms with Gasteiger partial charge in [0.2, 0.25) is 0 Å². The number of hydrogen-bond donors (Lipinski definition) is 2. The molecule has 5 heteroatoms. The van der Waals surface area contributed by atoms with Crippen LogP contribution < -0.4 is 10.6 Å². The molecule has 112 valence electrons. The molecule has 0 heterocycles. The molecule has 0 unspecified atom stereocenters. The lowest BCUT2D eigenvalue weighted by Crippen LogP contribution is -2.37. The second kappa shape index (κ2) is 12.1. The molecule has 0 fully saturated rings. The number of nitrogens with zero attached hydrogens (tertiary/aromatic N) is 1. The van der Waals surface area contributed by atoms with Gasteiger partial charge in [-0.2, -0.15) is 11.8 Å². The van der Waals surface area contributed by atoms with E-state index in [9.17, 15) is 0 Å². The van der Waals surface area contributed by atoms with Crippen LogP contribution in [0.2, 0.25) is 0 Å². The van der Waals surface area contributed by atoms with Crippen LogP contribution in [0.3, 0.4) is 0 Å². The van der Waals surface area contributed by atoms with Crippen molar-refractivity contribution in [1.29, 1.82) is 0 Å². The zero-order valence-corrected chi connectivity index (χ0v) is 15.3. The molecule has 0 aliphatic rings. The van der Waals surface area contributed by atoms with E-state index in [4.69, 9.17) is 0 Å². The lowest BCUT2D eigenvalue weighted by atomic mass is 10.1. The van der Waals surface area contributed by atoms with E-state index in [1.165, 1.54) is 11.1 Å². The van der Waals surface area contributed by atoms with Crippen LogP contribution in [-0.2, 0) is 6.54 Å². The Morgan fingerprint density at radius 2 is 2.00 bits per heavy atom. The number of halogens is 1. The molecule has 0 saturated carbocycles. The standard InChI is InChI=1S/C15H23N3S.HI/c1-4-10-19-11-9-17-15(16-3)18-12-14-7-5-13(2)6-8-14;/h4-8H,1,9-12H2,2-3H3,(H2,16,17,18);1H. The van der Waals surface area contributed by atoms with Crippen LogP contribution in [0.1, 0.15) is 11.1 Å². The third kappa shape index (κ3) is 8.47. The average molecular weight is 405 g/mol. The Hall–Kier alpha value is -0.690. The summed E-state index contributed by atoms with van der Waals surface area (Å²) in [5.41, 5.74) is 2.54. The van der Waals surface area contributed by atoms with Crippen molar-refractivity contribution in [2.24, 2.45) is 4.99 Å². The Balaban J connectivity index is 0.00000361. The summed E-state index contributed by atoms with van der Waals surface area (Å²) in [5, 5.41) is 6.60. The van der Waals surface area contributed by atoms with E-state index in [0.717, 1.165) is 30.6 Å². The Kier molecular flexibility index (Phi) is 11.7. The van der Waals surface area contributed by atoms with E-state index in [2.05, 4.69) is 53.4 Å². The lowest BCUT2D eigenvalue weighted by Gasteiger charge is -2.11. The zero-order chi connectivity index (χ0) is 13.9. The molecule has 1 aromatic carbocycles. The van der Waals surface area contributed by atoms with Gasteiger partial charge in [-0.3, -0.25) is 4.99 Å². The van der Waals surface area contributed by atoms with E-state index in [0.29, 0.717) is 0 Å². The maximum absolute atomic E-state index is 4.20. The van der Waals surface area contributed by atoms with Crippen molar-refractivity contribution < 1.29 is 0 Å². The summed E-state index contributed by atoms with van der Waals surface area (Å²) in [5.74, 6) is 2.90. The monoisotopic (exact) mass is 405 g/mol. The molecule has 0 aliphatic carbocycles. The lowest BCUT2D eigenvalue weighted by molar-refractivity contribution is 0.832. The second-order valence-corrected chi connectivity index (χ2v) is 5.35. The van der Waals surface area contributed by atoms with E-state index < -0.39 is 0 Å². The molecule has 0 atom stereocenters. The molecule has 2 N–H and O–H groups in total. The van der Waals surface area contributed by atoms with Crippen molar-refractivity contribution in [2.75, 3.05) is 25.1 Å². The molecule has 1 aromatic rings. The van der Waals surface area contributed by atoms with Crippen LogP contribution >= 0.6 is 35.7 Å². The first kappa shape index (κ1) is 19.3. The van der Waals surface area contributed by atoms with E-state index >= 15 is 0 Å². The Morgan fingerprint density at radius 3 is 2.60 bits per heavy atom. The summed E-state index contributed by atoms with van der Waals surface area (Å²) in [6, 6.07) is 8.52. The van der Waals surface area contributed by atoms with Crippen LogP contribution in [0.5, 0.6) is 0 Å². The first-order valence-corrected chi connectivity index (χ1v) is 7.60. The fourth-order valence-corrected chi connectivity index (χ4v) is 2.10. The molecule has 1 rings (SSSR count). The minimum atomic E-state index is 0. The third-order valence-corrected chi connectivity index (χ3v) is 3.54. The average Bonchev–Trinajstić information content (AvgIpc) is 2.44. The number of rotatable bonds is 7. The van der Waals surface area contributed by atoms with Crippen molar-refractivity contribution in [1.82, 2.24) is 10.6 Å². The van der Waals surface area contributed by atoms with Gasteiger partial charge in [-0.05, 0) is 12.5 Å². The van der Waals surface area contributed by atoms with Crippen molar-refractivity contribution in [3.05, 3.63) is 48.0 Å². The van der Waals surface area contributed by atoms with Gasteiger partial charge in [-0.1, -0.05) is 35.9 Å². The maximum atomic E-state index is 4.20. The van der Waals surface area contributed by atoms with Crippen LogP contribution in [0, 0.1) is 6.92 Å². The van der Waals surface area contributed by atoms with Gasteiger partial charge < -0.3 is 10.6 Å². The first-order valence-electron chi connectivity index (χ1n) is 6.45. The van der Waals surface area contributed by atoms with Crippen molar-refractivity contribution >= 4 is 41.7 Å². The molecule has 0 spiro atoms. The van der Waals surface area contributed by atoms with Gasteiger partial charge in [-0.25, -0.2) is 0 Å². The van der Waals surface area contributed by atoms with Gasteiger partial charge in [0.15, 0.2) is 5.96 Å². The second-order valence-electron chi connectivity index (χ2n) is 4.20. The number of thioether (sulfide) groups is 1. The Labute approximate surface area is 143 Å². The number of aryl methyl sites for hydroxylation is 1. The predicted octanol–water partition coefficient (Wildman–Crippen LogP) is 3.20. The molecule has 0 bridgehead atoms. The highest BCUT2D eigenvalue weighted by molar-refractivity contribution is 14.0. The Bertz CT molecular complexity index is 404. The summed E-state index contributed by atoms with van der Waals surface area (Å²) in [7, 11) is 1.79. The fraction of sp³-hybridized carbons (Fsp3) is 0.400. The number of hydrogen-bond acceptors (Lipinski definition) is 2. The molecular formula is C15H24IN3S. The maximum Gasteiger partial charge on any atom is 0.191 e. The quantitative estimate of drug-likeness (QED) is 0.241. The highest BCUT2D eigenvalue weighted by Crippen LogP contribution is 2.02. The molecule has 0 aromatic heterocycles. The summed E-state index contributed by atoms with van der Waals surface area (Å²) in [6.45, 7) is 7.50. The number of guanidine groups is 1. The molecule has 0 aliphatic heterocycles. The summed E-state index contributed by atoms with van der Waals surface area (Å²) in [6.07, 6.45) is 1.93. The van der Waals surface area contributed by atoms with E-state index in [-0.39, 0.29) is 24.0 Å². The third-order valence-electron chi connectivity index (χ3n) is 2.58. The largest absolute Gasteiger partial charge is 0.356 e. The highest BCUT2D eigenvalue weighted by Gasteiger charge is 1.97. The molecule has 3 nitrogen and oxygen atoms in total. The van der Waals surface area contributed by atoms with Crippen LogP contribution in [0.15, 0.2) is 41.9 Å². The van der Waals surface area contributed by atoms with Crippen molar-refractivity contribution in [3.8, 4) is 0 Å². The van der Waals surface area contributed by atoms with Gasteiger partial charge in [0.05, 0.1) is 0 Å². The zero-order valence-electron chi connectivity index (χ0n) is 12.2. The van der Waals surface area contributed by atoms with Gasteiger partial charge in [0, 0.05) is 31.6 Å². The molecule has 0 amide bonds. The number of benzene rings is 1. The summed E-state index contributed by atoms with van der Waals surface area (Å²) < 4.78 is 0. The van der Waals surface area contributed by atoms with Gasteiger partial charge >= 0.3 is 0 Å². The first-order chi connectivity index (χ1) is 9.26. The van der Waals surface area contributed by atoms with Gasteiger partial charge in [0.25, 0.3) is 0 Å². The molecule has 20 heavy (non-hydrogen) atoms. The van der Waals surface area contributed by atoms with Crippen LogP contribution in [-0.4, -0.2) is 31.1 Å². The minimum Gasteiger partial charge on any atom is -0.356 e. The molecule has 0 saturated heterocycles. The van der Waals surface area contributed by atoms with Crippen LogP contribution in [0.25, 0.3) is 0 Å². The summed E-state index contributed by atoms with van der Waals surface area (Å²) in [4.78, 5) is 4.20. The topological polar surface area (TPSA) is 36.4 Å². The van der Waals surface area contributed by atoms with Crippen molar-refractivity contribution in [3.63, 3.8) is 0 Å².